The van der Waals surface area contributed by atoms with Crippen LogP contribution in [0.3, 0.4) is 0 Å². The summed E-state index contributed by atoms with van der Waals surface area (Å²) in [6, 6.07) is 14.8. The summed E-state index contributed by atoms with van der Waals surface area (Å²) in [5.41, 5.74) is 9.08. The largest absolute Gasteiger partial charge is 0.397 e. The highest BCUT2D eigenvalue weighted by atomic mass is 16.1. The number of benzene rings is 2. The van der Waals surface area contributed by atoms with Crippen LogP contribution in [0.25, 0.3) is 0 Å². The van der Waals surface area contributed by atoms with E-state index in [9.17, 15) is 9.59 Å². The molecule has 26 heavy (non-hydrogen) atoms. The highest BCUT2D eigenvalue weighted by molar-refractivity contribution is 6.06. The maximum absolute atomic E-state index is 12.7. The van der Waals surface area contributed by atoms with Crippen molar-refractivity contribution in [1.29, 1.82) is 0 Å². The van der Waals surface area contributed by atoms with Gasteiger partial charge in [-0.15, -0.1) is 0 Å². The fourth-order valence-corrected chi connectivity index (χ4v) is 3.34. The van der Waals surface area contributed by atoms with E-state index in [2.05, 4.69) is 5.32 Å². The molecule has 1 aliphatic rings. The number of carbonyl (C=O) groups is 2. The number of rotatable bonds is 4. The topological polar surface area (TPSA) is 72.2 Å². The van der Waals surface area contributed by atoms with Crippen LogP contribution >= 0.6 is 0 Å². The monoisotopic (exact) mass is 346 g/mol. The number of ketones is 1. The van der Waals surface area contributed by atoms with E-state index in [0.29, 0.717) is 17.8 Å². The van der Waals surface area contributed by atoms with Crippen molar-refractivity contribution >= 4 is 23.1 Å². The Hall–Kier alpha value is -3.14. The molecule has 2 aromatic rings. The molecule has 132 valence electrons. The van der Waals surface area contributed by atoms with Gasteiger partial charge in [0.15, 0.2) is 5.78 Å². The van der Waals surface area contributed by atoms with Gasteiger partial charge in [-0.3, -0.25) is 9.59 Å². The summed E-state index contributed by atoms with van der Waals surface area (Å²) < 4.78 is 0. The highest BCUT2D eigenvalue weighted by Crippen LogP contribution is 2.38. The highest BCUT2D eigenvalue weighted by Gasteiger charge is 2.39. The lowest BCUT2D eigenvalue weighted by atomic mass is 9.84. The van der Waals surface area contributed by atoms with Crippen molar-refractivity contribution in [1.82, 2.24) is 0 Å². The van der Waals surface area contributed by atoms with Crippen molar-refractivity contribution in [2.45, 2.75) is 20.3 Å². The molecule has 0 heterocycles. The van der Waals surface area contributed by atoms with Crippen LogP contribution in [0.15, 0.2) is 72.3 Å². The summed E-state index contributed by atoms with van der Waals surface area (Å²) >= 11 is 0. The molecule has 0 spiro atoms. The molecule has 0 aliphatic heterocycles. The number of Topliss-reactive ketones (excluding diaryl/α,β-unsaturated/α-hetero) is 1. The van der Waals surface area contributed by atoms with E-state index in [-0.39, 0.29) is 11.7 Å². The molecule has 3 rings (SSSR count). The summed E-state index contributed by atoms with van der Waals surface area (Å²) in [5.74, 6) is -0.135. The van der Waals surface area contributed by atoms with Gasteiger partial charge in [0.1, 0.15) is 0 Å². The number of allylic oxidation sites excluding steroid dienone is 3. The molecule has 0 saturated heterocycles. The molecule has 4 heteroatoms. The summed E-state index contributed by atoms with van der Waals surface area (Å²) in [6.45, 7) is 3.83. The van der Waals surface area contributed by atoms with Gasteiger partial charge in [-0.2, -0.15) is 0 Å². The number of nitrogen functional groups attached to an aromatic ring is 1. The summed E-state index contributed by atoms with van der Waals surface area (Å²) in [6.07, 6.45) is 5.79. The molecule has 1 amide bonds. The summed E-state index contributed by atoms with van der Waals surface area (Å²) in [7, 11) is 0. The van der Waals surface area contributed by atoms with Gasteiger partial charge in [0, 0.05) is 11.6 Å². The zero-order chi connectivity index (χ0) is 18.7. The average Bonchev–Trinajstić information content (AvgIpc) is 2.86. The molecule has 0 radical (unpaired) electrons. The van der Waals surface area contributed by atoms with E-state index in [4.69, 9.17) is 5.73 Å². The molecule has 1 aliphatic carbocycles. The van der Waals surface area contributed by atoms with Crippen LogP contribution in [-0.2, 0) is 11.2 Å². The van der Waals surface area contributed by atoms with Crippen LogP contribution in [0.4, 0.5) is 11.4 Å². The van der Waals surface area contributed by atoms with Gasteiger partial charge in [-0.05, 0) is 38.0 Å². The van der Waals surface area contributed by atoms with Gasteiger partial charge in [-0.25, -0.2) is 0 Å². The summed E-state index contributed by atoms with van der Waals surface area (Å²) in [4.78, 5) is 24.8. The van der Waals surface area contributed by atoms with Crippen LogP contribution in [0.1, 0.15) is 29.8 Å². The predicted molar refractivity (Wildman–Crippen MR) is 105 cm³/mol. The zero-order valence-electron chi connectivity index (χ0n) is 15.0. The third-order valence-corrected chi connectivity index (χ3v) is 4.60. The number of nitrogens with two attached hydrogens (primary N) is 1. The fourth-order valence-electron chi connectivity index (χ4n) is 3.34. The molecule has 0 fully saturated rings. The number of hydrogen-bond acceptors (Lipinski definition) is 3. The van der Waals surface area contributed by atoms with Crippen molar-refractivity contribution < 1.29 is 9.59 Å². The number of carbonyl (C=O) groups excluding carboxylic acids is 2. The molecule has 0 aromatic heterocycles. The smallest absolute Gasteiger partial charge is 0.248 e. The molecule has 3 N–H and O–H groups in total. The third kappa shape index (κ3) is 3.59. The number of nitrogens with one attached hydrogen (secondary N) is 1. The first kappa shape index (κ1) is 17.7. The second kappa shape index (κ2) is 7.00. The Kier molecular flexibility index (Phi) is 4.76. The number of para-hydroxylation sites is 2. The maximum atomic E-state index is 12.7. The van der Waals surface area contributed by atoms with Crippen LogP contribution in [0, 0.1) is 5.41 Å². The van der Waals surface area contributed by atoms with E-state index in [1.807, 2.05) is 56.3 Å². The standard InChI is InChI=1S/C22H22N2O2/c1-15(11-12-20(25)24-19-10-6-5-9-18(19)23)13-22(2)14-16-7-3-4-8-17(16)21(22)26/h3-13H,14,23H2,1-2H3,(H,24,25)/b12-11+,15-13+. The lowest BCUT2D eigenvalue weighted by Gasteiger charge is -2.17. The van der Waals surface area contributed by atoms with Crippen LogP contribution in [-0.4, -0.2) is 11.7 Å². The fraction of sp³-hybridized carbons (Fsp3) is 0.182. The Bertz CT molecular complexity index is 927. The zero-order valence-corrected chi connectivity index (χ0v) is 15.0. The van der Waals surface area contributed by atoms with E-state index in [0.717, 1.165) is 16.7 Å². The van der Waals surface area contributed by atoms with Gasteiger partial charge < -0.3 is 11.1 Å². The van der Waals surface area contributed by atoms with Gasteiger partial charge in [0.2, 0.25) is 5.91 Å². The van der Waals surface area contributed by atoms with E-state index in [1.165, 1.54) is 6.08 Å². The lowest BCUT2D eigenvalue weighted by Crippen LogP contribution is -2.21. The van der Waals surface area contributed by atoms with Gasteiger partial charge in [0.05, 0.1) is 16.8 Å². The molecule has 1 atom stereocenters. The second-order valence-electron chi connectivity index (χ2n) is 6.88. The van der Waals surface area contributed by atoms with Crippen molar-refractivity contribution in [3.63, 3.8) is 0 Å². The Morgan fingerprint density at radius 2 is 1.81 bits per heavy atom. The maximum Gasteiger partial charge on any atom is 0.248 e. The predicted octanol–water partition coefficient (Wildman–Crippen LogP) is 4.16. The van der Waals surface area contributed by atoms with Gasteiger partial charge >= 0.3 is 0 Å². The number of fused-ring (bicyclic) bond motifs is 1. The first-order chi connectivity index (χ1) is 12.4. The minimum atomic E-state index is -0.571. The Morgan fingerprint density at radius 1 is 1.12 bits per heavy atom. The minimum absolute atomic E-state index is 0.127. The first-order valence-electron chi connectivity index (χ1n) is 8.55. The van der Waals surface area contributed by atoms with E-state index >= 15 is 0 Å². The van der Waals surface area contributed by atoms with Crippen LogP contribution in [0.2, 0.25) is 0 Å². The first-order valence-corrected chi connectivity index (χ1v) is 8.55. The van der Waals surface area contributed by atoms with Crippen molar-refractivity contribution in [3.8, 4) is 0 Å². The molecular weight excluding hydrogens is 324 g/mol. The molecule has 0 saturated carbocycles. The van der Waals surface area contributed by atoms with Crippen LogP contribution < -0.4 is 11.1 Å². The molecule has 4 nitrogen and oxygen atoms in total. The Morgan fingerprint density at radius 3 is 2.54 bits per heavy atom. The van der Waals surface area contributed by atoms with Crippen LogP contribution in [0.5, 0.6) is 0 Å². The quantitative estimate of drug-likeness (QED) is 0.496. The van der Waals surface area contributed by atoms with Crippen molar-refractivity contribution in [3.05, 3.63) is 83.5 Å². The number of anilines is 2. The van der Waals surface area contributed by atoms with Gasteiger partial charge in [-0.1, -0.05) is 54.1 Å². The molecule has 2 aromatic carbocycles. The molecular formula is C22H22N2O2. The van der Waals surface area contributed by atoms with Crippen molar-refractivity contribution in [2.75, 3.05) is 11.1 Å². The minimum Gasteiger partial charge on any atom is -0.397 e. The Balaban J connectivity index is 1.71. The van der Waals surface area contributed by atoms with Gasteiger partial charge in [0.25, 0.3) is 0 Å². The molecule has 1 unspecified atom stereocenters. The number of hydrogen-bond donors (Lipinski definition) is 2. The Labute approximate surface area is 153 Å². The summed E-state index contributed by atoms with van der Waals surface area (Å²) in [5, 5.41) is 2.75. The second-order valence-corrected chi connectivity index (χ2v) is 6.88. The average molecular weight is 346 g/mol. The molecule has 0 bridgehead atoms. The SMILES string of the molecule is CC(/C=C/C(=O)Nc1ccccc1N)=C\C1(C)Cc2ccccc2C1=O. The van der Waals surface area contributed by atoms with E-state index in [1.54, 1.807) is 18.2 Å². The normalized spacial score (nSPS) is 19.6. The third-order valence-electron chi connectivity index (χ3n) is 4.60. The van der Waals surface area contributed by atoms with E-state index < -0.39 is 5.41 Å². The lowest BCUT2D eigenvalue weighted by molar-refractivity contribution is -0.111. The van der Waals surface area contributed by atoms with Crippen molar-refractivity contribution in [2.24, 2.45) is 5.41 Å². The number of amides is 1.